The lowest BCUT2D eigenvalue weighted by Gasteiger charge is -2.09. The Bertz CT molecular complexity index is 547. The molecule has 0 aliphatic heterocycles. The quantitative estimate of drug-likeness (QED) is 0.832. The minimum Gasteiger partial charge on any atom is -0.493 e. The van der Waals surface area contributed by atoms with E-state index in [4.69, 9.17) is 9.47 Å². The van der Waals surface area contributed by atoms with Crippen molar-refractivity contribution >= 4 is 0 Å². The van der Waals surface area contributed by atoms with E-state index in [2.05, 4.69) is 18.9 Å². The molecular formula is C14H18N2O2. The number of aryl methyl sites for hydroxylation is 1. The molecule has 0 saturated carbocycles. The molecular weight excluding hydrogens is 228 g/mol. The van der Waals surface area contributed by atoms with Crippen LogP contribution in [0.2, 0.25) is 0 Å². The van der Waals surface area contributed by atoms with Crippen LogP contribution in [0.3, 0.4) is 0 Å². The van der Waals surface area contributed by atoms with Gasteiger partial charge >= 0.3 is 0 Å². The first kappa shape index (κ1) is 12.5. The Morgan fingerprint density at radius 1 is 1.17 bits per heavy atom. The molecule has 0 fully saturated rings. The minimum atomic E-state index is 0.735. The summed E-state index contributed by atoms with van der Waals surface area (Å²) < 4.78 is 12.5. The fourth-order valence-corrected chi connectivity index (χ4v) is 2.05. The zero-order valence-electron chi connectivity index (χ0n) is 11.2. The van der Waals surface area contributed by atoms with Crippen LogP contribution >= 0.6 is 0 Å². The fraction of sp³-hybridized carbons (Fsp3) is 0.357. The molecule has 2 aromatic rings. The van der Waals surface area contributed by atoms with Gasteiger partial charge in [-0.15, -0.1) is 0 Å². The Hall–Kier alpha value is -1.97. The van der Waals surface area contributed by atoms with E-state index in [0.717, 1.165) is 34.9 Å². The molecule has 0 radical (unpaired) electrons. The van der Waals surface area contributed by atoms with Crippen LogP contribution in [0.5, 0.6) is 11.5 Å². The number of aromatic nitrogens is 2. The van der Waals surface area contributed by atoms with E-state index in [1.54, 1.807) is 14.2 Å². The molecule has 0 spiro atoms. The average molecular weight is 246 g/mol. The second kappa shape index (κ2) is 5.12. The molecule has 1 heterocycles. The van der Waals surface area contributed by atoms with Crippen LogP contribution < -0.4 is 9.47 Å². The third-order valence-corrected chi connectivity index (χ3v) is 3.10. The van der Waals surface area contributed by atoms with E-state index in [-0.39, 0.29) is 0 Å². The number of benzene rings is 1. The number of ether oxygens (including phenoxy) is 2. The lowest BCUT2D eigenvalue weighted by atomic mass is 10.1. The summed E-state index contributed by atoms with van der Waals surface area (Å²) >= 11 is 0. The number of hydrogen-bond donors (Lipinski definition) is 0. The largest absolute Gasteiger partial charge is 0.493 e. The highest BCUT2D eigenvalue weighted by Gasteiger charge is 2.11. The molecule has 1 aromatic carbocycles. The smallest absolute Gasteiger partial charge is 0.161 e. The molecule has 4 heteroatoms. The molecule has 0 bridgehead atoms. The number of hydrogen-bond acceptors (Lipinski definition) is 3. The summed E-state index contributed by atoms with van der Waals surface area (Å²) in [5.74, 6) is 1.47. The van der Waals surface area contributed by atoms with Gasteiger partial charge in [-0.25, -0.2) is 0 Å². The molecule has 0 N–H and O–H groups in total. The third kappa shape index (κ3) is 2.06. The Morgan fingerprint density at radius 3 is 2.44 bits per heavy atom. The maximum Gasteiger partial charge on any atom is 0.161 e. The molecule has 0 amide bonds. The Labute approximate surface area is 107 Å². The second-order valence-electron chi connectivity index (χ2n) is 4.03. The highest BCUT2D eigenvalue weighted by molar-refractivity contribution is 5.68. The first-order chi connectivity index (χ1) is 8.71. The van der Waals surface area contributed by atoms with Crippen molar-refractivity contribution in [2.24, 2.45) is 0 Å². The molecule has 0 aliphatic carbocycles. The van der Waals surface area contributed by atoms with Crippen LogP contribution in [0.15, 0.2) is 24.4 Å². The van der Waals surface area contributed by atoms with Gasteiger partial charge in [-0.3, -0.25) is 4.68 Å². The van der Waals surface area contributed by atoms with Gasteiger partial charge in [0.05, 0.1) is 20.4 Å². The number of methoxy groups -OCH3 is 2. The first-order valence-corrected chi connectivity index (χ1v) is 5.96. The summed E-state index contributed by atoms with van der Waals surface area (Å²) in [4.78, 5) is 0. The maximum absolute atomic E-state index is 5.32. The van der Waals surface area contributed by atoms with Crippen LogP contribution in [-0.2, 0) is 6.54 Å². The minimum absolute atomic E-state index is 0.735. The lowest BCUT2D eigenvalue weighted by Crippen LogP contribution is -1.98. The Morgan fingerprint density at radius 2 is 1.89 bits per heavy atom. The first-order valence-electron chi connectivity index (χ1n) is 5.96. The van der Waals surface area contributed by atoms with Gasteiger partial charge < -0.3 is 9.47 Å². The van der Waals surface area contributed by atoms with Crippen LogP contribution in [-0.4, -0.2) is 24.0 Å². The van der Waals surface area contributed by atoms with Crippen molar-refractivity contribution in [3.63, 3.8) is 0 Å². The molecule has 0 unspecified atom stereocenters. The number of nitrogens with zero attached hydrogens (tertiary/aromatic N) is 2. The van der Waals surface area contributed by atoms with Crippen LogP contribution in [0.4, 0.5) is 0 Å². The van der Waals surface area contributed by atoms with E-state index in [0.29, 0.717) is 0 Å². The number of rotatable bonds is 4. The predicted octanol–water partition coefficient (Wildman–Crippen LogP) is 2.90. The summed E-state index contributed by atoms with van der Waals surface area (Å²) in [5, 5.41) is 4.35. The summed E-state index contributed by atoms with van der Waals surface area (Å²) in [6.45, 7) is 5.03. The van der Waals surface area contributed by atoms with Crippen LogP contribution in [0.1, 0.15) is 12.6 Å². The zero-order chi connectivity index (χ0) is 13.1. The normalized spacial score (nSPS) is 10.4. The van der Waals surface area contributed by atoms with E-state index in [9.17, 15) is 0 Å². The topological polar surface area (TPSA) is 36.3 Å². The zero-order valence-corrected chi connectivity index (χ0v) is 11.2. The Kier molecular flexibility index (Phi) is 3.55. The summed E-state index contributed by atoms with van der Waals surface area (Å²) in [7, 11) is 3.28. The molecule has 96 valence electrons. The van der Waals surface area contributed by atoms with Crippen molar-refractivity contribution in [2.75, 3.05) is 14.2 Å². The van der Waals surface area contributed by atoms with Crippen molar-refractivity contribution in [1.29, 1.82) is 0 Å². The highest BCUT2D eigenvalue weighted by atomic mass is 16.5. The molecule has 0 atom stereocenters. The highest BCUT2D eigenvalue weighted by Crippen LogP contribution is 2.33. The van der Waals surface area contributed by atoms with Gasteiger partial charge in [0.15, 0.2) is 11.5 Å². The van der Waals surface area contributed by atoms with Crippen LogP contribution in [0.25, 0.3) is 11.1 Å². The van der Waals surface area contributed by atoms with Crippen molar-refractivity contribution in [3.8, 4) is 22.6 Å². The van der Waals surface area contributed by atoms with E-state index in [1.807, 2.05) is 29.1 Å². The lowest BCUT2D eigenvalue weighted by molar-refractivity contribution is 0.355. The summed E-state index contributed by atoms with van der Waals surface area (Å²) in [6.07, 6.45) is 1.89. The molecule has 0 aliphatic rings. The molecule has 18 heavy (non-hydrogen) atoms. The van der Waals surface area contributed by atoms with Gasteiger partial charge in [-0.2, -0.15) is 5.10 Å². The van der Waals surface area contributed by atoms with Gasteiger partial charge in [0, 0.05) is 17.8 Å². The van der Waals surface area contributed by atoms with E-state index in [1.165, 1.54) is 0 Å². The molecule has 0 saturated heterocycles. The van der Waals surface area contributed by atoms with Crippen molar-refractivity contribution in [2.45, 2.75) is 20.4 Å². The SMILES string of the molecule is CCn1ncc(-c2ccc(OC)c(OC)c2)c1C. The predicted molar refractivity (Wildman–Crippen MR) is 71.2 cm³/mol. The van der Waals surface area contributed by atoms with Crippen molar-refractivity contribution in [3.05, 3.63) is 30.1 Å². The van der Waals surface area contributed by atoms with Crippen LogP contribution in [0, 0.1) is 6.92 Å². The van der Waals surface area contributed by atoms with Gasteiger partial charge in [0.1, 0.15) is 0 Å². The monoisotopic (exact) mass is 246 g/mol. The molecule has 4 nitrogen and oxygen atoms in total. The van der Waals surface area contributed by atoms with Gasteiger partial charge in [-0.05, 0) is 31.5 Å². The van der Waals surface area contributed by atoms with E-state index < -0.39 is 0 Å². The summed E-state index contributed by atoms with van der Waals surface area (Å²) in [5.41, 5.74) is 3.37. The fourth-order valence-electron chi connectivity index (χ4n) is 2.05. The Balaban J connectivity index is 2.47. The third-order valence-electron chi connectivity index (χ3n) is 3.10. The molecule has 2 rings (SSSR count). The standard InChI is InChI=1S/C14H18N2O2/c1-5-16-10(2)12(9-15-16)11-6-7-13(17-3)14(8-11)18-4/h6-9H,5H2,1-4H3. The van der Waals surface area contributed by atoms with Gasteiger partial charge in [-0.1, -0.05) is 6.07 Å². The maximum atomic E-state index is 5.32. The second-order valence-corrected chi connectivity index (χ2v) is 4.03. The van der Waals surface area contributed by atoms with E-state index >= 15 is 0 Å². The van der Waals surface area contributed by atoms with Crippen molar-refractivity contribution < 1.29 is 9.47 Å². The summed E-state index contributed by atoms with van der Waals surface area (Å²) in [6, 6.07) is 5.91. The van der Waals surface area contributed by atoms with Gasteiger partial charge in [0.25, 0.3) is 0 Å². The van der Waals surface area contributed by atoms with Crippen molar-refractivity contribution in [1.82, 2.24) is 9.78 Å². The van der Waals surface area contributed by atoms with Gasteiger partial charge in [0.2, 0.25) is 0 Å². The average Bonchev–Trinajstić information content (AvgIpc) is 2.79. The molecule has 1 aromatic heterocycles.